The Bertz CT molecular complexity index is 524. The molecule has 0 aliphatic carbocycles. The van der Waals surface area contributed by atoms with Crippen LogP contribution in [0.25, 0.3) is 0 Å². The Kier molecular flexibility index (Phi) is 4.27. The minimum Gasteiger partial charge on any atom is -0.387 e. The van der Waals surface area contributed by atoms with Crippen molar-refractivity contribution in [2.24, 2.45) is 0 Å². The van der Waals surface area contributed by atoms with Crippen molar-refractivity contribution in [2.45, 2.75) is 38.7 Å². The predicted octanol–water partition coefficient (Wildman–Crippen LogP) is 2.11. The third-order valence-corrected chi connectivity index (χ3v) is 4.64. The Morgan fingerprint density at radius 2 is 2.00 bits per heavy atom. The molecule has 2 heterocycles. The molecule has 1 saturated heterocycles. The van der Waals surface area contributed by atoms with E-state index in [4.69, 9.17) is 0 Å². The normalized spacial score (nSPS) is 20.4. The average Bonchev–Trinajstić information content (AvgIpc) is 2.91. The Balaban J connectivity index is 1.70. The largest absolute Gasteiger partial charge is 0.387 e. The number of likely N-dealkylation sites (tertiary alicyclic amines) is 1. The van der Waals surface area contributed by atoms with Gasteiger partial charge in [-0.1, -0.05) is 18.6 Å². The van der Waals surface area contributed by atoms with Gasteiger partial charge in [0.15, 0.2) is 0 Å². The smallest absolute Gasteiger partial charge is 0.223 e. The van der Waals surface area contributed by atoms with Gasteiger partial charge in [-0.05, 0) is 49.5 Å². The van der Waals surface area contributed by atoms with Gasteiger partial charge in [-0.3, -0.25) is 4.79 Å². The van der Waals surface area contributed by atoms with E-state index in [1.165, 1.54) is 24.8 Å². The maximum absolute atomic E-state index is 11.6. The van der Waals surface area contributed by atoms with Gasteiger partial charge >= 0.3 is 0 Å². The minimum atomic E-state index is -0.431. The van der Waals surface area contributed by atoms with Crippen molar-refractivity contribution >= 4 is 11.6 Å². The molecule has 21 heavy (non-hydrogen) atoms. The lowest BCUT2D eigenvalue weighted by atomic mass is 10.0. The molecule has 1 atom stereocenters. The first-order chi connectivity index (χ1) is 10.1. The number of β-amino-alcohol motifs (C(OH)–C–C–N with tert-alkyl or cyclic N) is 1. The maximum Gasteiger partial charge on any atom is 0.223 e. The second kappa shape index (κ2) is 6.16. The first kappa shape index (κ1) is 14.5. The number of aliphatic hydroxyl groups is 1. The molecule has 0 saturated carbocycles. The second-order valence-corrected chi connectivity index (χ2v) is 6.19. The maximum atomic E-state index is 11.6. The number of carbonyl (C=O) groups excluding carboxylic acids is 1. The van der Waals surface area contributed by atoms with E-state index in [0.29, 0.717) is 0 Å². The van der Waals surface area contributed by atoms with E-state index in [0.717, 1.165) is 43.9 Å². The molecule has 0 aromatic heterocycles. The molecule has 3 rings (SSSR count). The number of amides is 1. The fourth-order valence-electron chi connectivity index (χ4n) is 3.45. The van der Waals surface area contributed by atoms with Gasteiger partial charge < -0.3 is 14.9 Å². The fraction of sp³-hybridized carbons (Fsp3) is 0.588. The van der Waals surface area contributed by atoms with Gasteiger partial charge in [0.2, 0.25) is 5.91 Å². The van der Waals surface area contributed by atoms with Crippen LogP contribution >= 0.6 is 0 Å². The number of piperidine rings is 1. The lowest BCUT2D eigenvalue weighted by molar-refractivity contribution is -0.116. The van der Waals surface area contributed by atoms with Gasteiger partial charge in [-0.25, -0.2) is 0 Å². The number of benzene rings is 1. The molecule has 1 N–H and O–H groups in total. The number of hydrogen-bond acceptors (Lipinski definition) is 3. The summed E-state index contributed by atoms with van der Waals surface area (Å²) >= 11 is 0. The van der Waals surface area contributed by atoms with E-state index >= 15 is 0 Å². The molecule has 4 heteroatoms. The first-order valence-electron chi connectivity index (χ1n) is 7.96. The standard InChI is InChI=1S/C17H24N2O2/c1-13(20)19-10-7-14-11-15(5-6-16(14)19)17(21)12-18-8-3-2-4-9-18/h5-6,11,17,21H,2-4,7-10,12H2,1H3/t17-/m1/s1. The molecular formula is C17H24N2O2. The third-order valence-electron chi connectivity index (χ3n) is 4.64. The summed E-state index contributed by atoms with van der Waals surface area (Å²) in [5.74, 6) is 0.0929. The Hall–Kier alpha value is -1.39. The van der Waals surface area contributed by atoms with Crippen LogP contribution in [-0.2, 0) is 11.2 Å². The zero-order valence-electron chi connectivity index (χ0n) is 12.7. The first-order valence-corrected chi connectivity index (χ1v) is 7.96. The van der Waals surface area contributed by atoms with Crippen LogP contribution in [0.15, 0.2) is 18.2 Å². The van der Waals surface area contributed by atoms with Crippen LogP contribution in [0, 0.1) is 0 Å². The lowest BCUT2D eigenvalue weighted by Crippen LogP contribution is -2.33. The number of carbonyl (C=O) groups is 1. The fourth-order valence-corrected chi connectivity index (χ4v) is 3.45. The summed E-state index contributed by atoms with van der Waals surface area (Å²) in [6, 6.07) is 6.03. The molecule has 114 valence electrons. The summed E-state index contributed by atoms with van der Waals surface area (Å²) in [5.41, 5.74) is 3.17. The van der Waals surface area contributed by atoms with Crippen LogP contribution < -0.4 is 4.90 Å². The van der Waals surface area contributed by atoms with Crippen molar-refractivity contribution in [2.75, 3.05) is 31.1 Å². The highest BCUT2D eigenvalue weighted by atomic mass is 16.3. The molecule has 1 aromatic rings. The summed E-state index contributed by atoms with van der Waals surface area (Å²) in [7, 11) is 0. The Morgan fingerprint density at radius 3 is 2.71 bits per heavy atom. The Morgan fingerprint density at radius 1 is 1.24 bits per heavy atom. The average molecular weight is 288 g/mol. The van der Waals surface area contributed by atoms with E-state index in [2.05, 4.69) is 11.0 Å². The molecule has 4 nitrogen and oxygen atoms in total. The van der Waals surface area contributed by atoms with Crippen LogP contribution in [0.1, 0.15) is 43.4 Å². The van der Waals surface area contributed by atoms with Crippen LogP contribution in [-0.4, -0.2) is 42.1 Å². The molecule has 1 amide bonds. The lowest BCUT2D eigenvalue weighted by Gasteiger charge is -2.28. The summed E-state index contributed by atoms with van der Waals surface area (Å²) in [4.78, 5) is 15.7. The van der Waals surface area contributed by atoms with Crippen LogP contribution in [0.2, 0.25) is 0 Å². The number of fused-ring (bicyclic) bond motifs is 1. The molecule has 0 radical (unpaired) electrons. The van der Waals surface area contributed by atoms with E-state index < -0.39 is 6.10 Å². The third kappa shape index (κ3) is 3.11. The highest BCUT2D eigenvalue weighted by Crippen LogP contribution is 2.31. The molecule has 2 aliphatic rings. The number of hydrogen-bond donors (Lipinski definition) is 1. The topological polar surface area (TPSA) is 43.8 Å². The molecule has 0 bridgehead atoms. The highest BCUT2D eigenvalue weighted by Gasteiger charge is 2.23. The molecule has 1 aromatic carbocycles. The summed E-state index contributed by atoms with van der Waals surface area (Å²) < 4.78 is 0. The molecule has 0 spiro atoms. The van der Waals surface area contributed by atoms with E-state index in [9.17, 15) is 9.90 Å². The number of nitrogens with zero attached hydrogens (tertiary/aromatic N) is 2. The van der Waals surface area contributed by atoms with Gasteiger partial charge in [-0.15, -0.1) is 0 Å². The van der Waals surface area contributed by atoms with Gasteiger partial charge in [0.25, 0.3) is 0 Å². The zero-order chi connectivity index (χ0) is 14.8. The van der Waals surface area contributed by atoms with Crippen molar-refractivity contribution in [3.8, 4) is 0 Å². The zero-order valence-corrected chi connectivity index (χ0v) is 12.7. The van der Waals surface area contributed by atoms with Gasteiger partial charge in [0.05, 0.1) is 6.10 Å². The van der Waals surface area contributed by atoms with Crippen molar-refractivity contribution in [3.05, 3.63) is 29.3 Å². The summed E-state index contributed by atoms with van der Waals surface area (Å²) in [6.07, 6.45) is 4.25. The predicted molar refractivity (Wildman–Crippen MR) is 83.4 cm³/mol. The highest BCUT2D eigenvalue weighted by molar-refractivity contribution is 5.93. The minimum absolute atomic E-state index is 0.0929. The quantitative estimate of drug-likeness (QED) is 0.926. The number of rotatable bonds is 3. The van der Waals surface area contributed by atoms with Gasteiger partial charge in [0, 0.05) is 25.7 Å². The summed E-state index contributed by atoms with van der Waals surface area (Å²) in [6.45, 7) is 5.28. The molecule has 0 unspecified atom stereocenters. The summed E-state index contributed by atoms with van der Waals surface area (Å²) in [5, 5.41) is 10.5. The van der Waals surface area contributed by atoms with E-state index in [1.807, 2.05) is 17.0 Å². The number of aliphatic hydroxyl groups excluding tert-OH is 1. The number of anilines is 1. The van der Waals surface area contributed by atoms with Crippen molar-refractivity contribution in [3.63, 3.8) is 0 Å². The van der Waals surface area contributed by atoms with Crippen molar-refractivity contribution < 1.29 is 9.90 Å². The van der Waals surface area contributed by atoms with Crippen LogP contribution in [0.3, 0.4) is 0 Å². The van der Waals surface area contributed by atoms with Crippen molar-refractivity contribution in [1.82, 2.24) is 4.90 Å². The second-order valence-electron chi connectivity index (χ2n) is 6.19. The van der Waals surface area contributed by atoms with Gasteiger partial charge in [-0.2, -0.15) is 0 Å². The monoisotopic (exact) mass is 288 g/mol. The molecule has 2 aliphatic heterocycles. The Labute approximate surface area is 126 Å². The van der Waals surface area contributed by atoms with Crippen molar-refractivity contribution in [1.29, 1.82) is 0 Å². The molecular weight excluding hydrogens is 264 g/mol. The van der Waals surface area contributed by atoms with E-state index in [1.54, 1.807) is 6.92 Å². The van der Waals surface area contributed by atoms with Crippen LogP contribution in [0.4, 0.5) is 5.69 Å². The van der Waals surface area contributed by atoms with Gasteiger partial charge in [0.1, 0.15) is 0 Å². The van der Waals surface area contributed by atoms with E-state index in [-0.39, 0.29) is 5.91 Å². The van der Waals surface area contributed by atoms with Crippen LogP contribution in [0.5, 0.6) is 0 Å². The SMILES string of the molecule is CC(=O)N1CCc2cc([C@H](O)CN3CCCCC3)ccc21. The molecule has 1 fully saturated rings.